The molecule has 0 fully saturated rings. The van der Waals surface area contributed by atoms with Gasteiger partial charge < -0.3 is 10.2 Å². The number of benzene rings is 2. The summed E-state index contributed by atoms with van der Waals surface area (Å²) in [5.41, 5.74) is 4.00. The van der Waals surface area contributed by atoms with E-state index in [0.29, 0.717) is 22.6 Å². The van der Waals surface area contributed by atoms with Gasteiger partial charge in [-0.15, -0.1) is 10.2 Å². The number of carbonyl (C=O) groups is 1. The Morgan fingerprint density at radius 2 is 1.88 bits per heavy atom. The molecule has 3 aromatic rings. The minimum atomic E-state index is -0.307. The van der Waals surface area contributed by atoms with E-state index in [4.69, 9.17) is 0 Å². The summed E-state index contributed by atoms with van der Waals surface area (Å²) in [4.78, 5) is 19.1. The average Bonchev–Trinajstić information content (AvgIpc) is 2.98. The molecule has 0 atom stereocenters. The number of anilines is 1. The predicted molar refractivity (Wildman–Crippen MR) is 96.0 cm³/mol. The molecule has 1 N–H and O–H groups in total. The van der Waals surface area contributed by atoms with Crippen molar-refractivity contribution >= 4 is 33.9 Å². The Morgan fingerprint density at radius 1 is 1.08 bits per heavy atom. The molecule has 25 heavy (non-hydrogen) atoms. The number of nitrogens with one attached hydrogen (secondary N) is 1. The molecule has 1 amide bonds. The monoisotopic (exact) mass is 332 g/mol. The molecular weight excluding hydrogens is 316 g/mol. The molecule has 2 heterocycles. The Labute approximate surface area is 144 Å². The predicted octanol–water partition coefficient (Wildman–Crippen LogP) is 2.16. The fourth-order valence-electron chi connectivity index (χ4n) is 2.86. The molecule has 4 rings (SSSR count). The molecule has 0 aliphatic carbocycles. The number of amides is 1. The number of hydrogen-bond acceptors (Lipinski definition) is 6. The highest BCUT2D eigenvalue weighted by molar-refractivity contribution is 6.52. The van der Waals surface area contributed by atoms with E-state index in [1.807, 2.05) is 56.6 Å². The summed E-state index contributed by atoms with van der Waals surface area (Å²) in [6, 6.07) is 13.3. The molecule has 0 unspecified atom stereocenters. The van der Waals surface area contributed by atoms with Crippen molar-refractivity contribution < 1.29 is 4.79 Å². The lowest BCUT2D eigenvalue weighted by atomic mass is 10.1. The molecule has 1 aliphatic heterocycles. The van der Waals surface area contributed by atoms with Crippen LogP contribution in [0, 0.1) is 0 Å². The maximum atomic E-state index is 12.6. The van der Waals surface area contributed by atoms with E-state index in [1.54, 1.807) is 0 Å². The summed E-state index contributed by atoms with van der Waals surface area (Å²) in [7, 11) is 4.03. The lowest BCUT2D eigenvalue weighted by Gasteiger charge is -2.10. The van der Waals surface area contributed by atoms with Crippen LogP contribution >= 0.6 is 0 Å². The molecule has 7 heteroatoms. The maximum Gasteiger partial charge on any atom is 0.276 e. The maximum absolute atomic E-state index is 12.6. The van der Waals surface area contributed by atoms with E-state index in [-0.39, 0.29) is 11.6 Å². The molecule has 0 spiro atoms. The van der Waals surface area contributed by atoms with Gasteiger partial charge in [-0.25, -0.2) is 4.99 Å². The van der Waals surface area contributed by atoms with Crippen molar-refractivity contribution in [2.24, 2.45) is 4.99 Å². The smallest absolute Gasteiger partial charge is 0.276 e. The van der Waals surface area contributed by atoms with Gasteiger partial charge >= 0.3 is 0 Å². The number of aliphatic imine (C=N–C) groups is 1. The van der Waals surface area contributed by atoms with Crippen LogP contribution in [-0.2, 0) is 11.3 Å². The van der Waals surface area contributed by atoms with E-state index in [1.165, 1.54) is 5.56 Å². The quantitative estimate of drug-likeness (QED) is 0.791. The summed E-state index contributed by atoms with van der Waals surface area (Å²) in [6.07, 6.45) is 0. The highest BCUT2D eigenvalue weighted by Crippen LogP contribution is 2.32. The summed E-state index contributed by atoms with van der Waals surface area (Å²) in [5.74, 6) is -0.307. The number of nitrogens with zero attached hydrogens (tertiary/aromatic N) is 5. The third-order valence-electron chi connectivity index (χ3n) is 3.94. The normalized spacial score (nSPS) is 12.5. The van der Waals surface area contributed by atoms with Gasteiger partial charge in [0.1, 0.15) is 5.69 Å². The van der Waals surface area contributed by atoms with E-state index in [2.05, 4.69) is 30.6 Å². The number of hydrogen-bond donors (Lipinski definition) is 1. The van der Waals surface area contributed by atoms with Gasteiger partial charge in [0, 0.05) is 12.2 Å². The van der Waals surface area contributed by atoms with Gasteiger partial charge in [-0.1, -0.05) is 18.2 Å². The molecule has 0 saturated heterocycles. The van der Waals surface area contributed by atoms with Gasteiger partial charge in [-0.05, 0) is 49.1 Å². The van der Waals surface area contributed by atoms with Crippen molar-refractivity contribution in [3.63, 3.8) is 0 Å². The highest BCUT2D eigenvalue weighted by Gasteiger charge is 2.26. The fourth-order valence-corrected chi connectivity index (χ4v) is 2.86. The molecule has 1 aliphatic rings. The SMILES string of the molecule is CN(C)Cc1ccc(NC(=O)C2=Nc3cccc4nnnc2c34)cc1. The summed E-state index contributed by atoms with van der Waals surface area (Å²) >= 11 is 0. The third-order valence-corrected chi connectivity index (χ3v) is 3.94. The van der Waals surface area contributed by atoms with Gasteiger partial charge in [0.2, 0.25) is 0 Å². The van der Waals surface area contributed by atoms with Crippen LogP contribution in [0.2, 0.25) is 0 Å². The summed E-state index contributed by atoms with van der Waals surface area (Å²) in [5, 5.41) is 15.4. The van der Waals surface area contributed by atoms with Crippen molar-refractivity contribution in [2.45, 2.75) is 6.54 Å². The first kappa shape index (κ1) is 15.3. The summed E-state index contributed by atoms with van der Waals surface area (Å²) in [6.45, 7) is 0.848. The zero-order valence-corrected chi connectivity index (χ0v) is 13.9. The van der Waals surface area contributed by atoms with Crippen molar-refractivity contribution in [3.05, 3.63) is 53.7 Å². The second kappa shape index (κ2) is 6.03. The van der Waals surface area contributed by atoms with Gasteiger partial charge in [0.05, 0.1) is 16.6 Å². The molecule has 1 aromatic heterocycles. The number of aromatic nitrogens is 3. The van der Waals surface area contributed by atoms with Crippen LogP contribution in [0.5, 0.6) is 0 Å². The Balaban J connectivity index is 1.58. The standard InChI is InChI=1S/C18H16N6O/c1-24(2)10-11-6-8-12(9-7-11)19-18(25)17-16-15-13(20-17)4-3-5-14(15)21-23-22-16/h3-9H,10H2,1-2H3,(H,19,25). The Morgan fingerprint density at radius 3 is 2.64 bits per heavy atom. The molecule has 0 bridgehead atoms. The first-order valence-corrected chi connectivity index (χ1v) is 7.88. The van der Waals surface area contributed by atoms with Crippen LogP contribution in [0.4, 0.5) is 11.4 Å². The van der Waals surface area contributed by atoms with Crippen LogP contribution < -0.4 is 5.32 Å². The van der Waals surface area contributed by atoms with Crippen LogP contribution in [0.3, 0.4) is 0 Å². The van der Waals surface area contributed by atoms with E-state index >= 15 is 0 Å². The number of carbonyl (C=O) groups excluding carboxylic acids is 1. The van der Waals surface area contributed by atoms with Crippen molar-refractivity contribution in [2.75, 3.05) is 19.4 Å². The zero-order chi connectivity index (χ0) is 17.4. The Kier molecular flexibility index (Phi) is 3.70. The molecule has 0 radical (unpaired) electrons. The average molecular weight is 332 g/mol. The minimum Gasteiger partial charge on any atom is -0.321 e. The van der Waals surface area contributed by atoms with E-state index in [9.17, 15) is 4.79 Å². The van der Waals surface area contributed by atoms with Gasteiger partial charge in [-0.3, -0.25) is 4.79 Å². The van der Waals surface area contributed by atoms with Crippen molar-refractivity contribution in [1.29, 1.82) is 0 Å². The first-order valence-electron chi connectivity index (χ1n) is 7.88. The van der Waals surface area contributed by atoms with Gasteiger partial charge in [0.25, 0.3) is 5.91 Å². The van der Waals surface area contributed by atoms with E-state index < -0.39 is 0 Å². The largest absolute Gasteiger partial charge is 0.321 e. The summed E-state index contributed by atoms with van der Waals surface area (Å²) < 4.78 is 0. The van der Waals surface area contributed by atoms with Gasteiger partial charge in [0.15, 0.2) is 5.71 Å². The molecule has 0 saturated carbocycles. The number of rotatable bonds is 4. The molecule has 2 aromatic carbocycles. The third kappa shape index (κ3) is 2.85. The lowest BCUT2D eigenvalue weighted by Crippen LogP contribution is -2.24. The zero-order valence-electron chi connectivity index (χ0n) is 13.9. The van der Waals surface area contributed by atoms with Crippen LogP contribution in [0.1, 0.15) is 11.3 Å². The topological polar surface area (TPSA) is 83.4 Å². The van der Waals surface area contributed by atoms with Gasteiger partial charge in [-0.2, -0.15) is 0 Å². The molecule has 7 nitrogen and oxygen atoms in total. The Hall–Kier alpha value is -3.19. The van der Waals surface area contributed by atoms with Crippen molar-refractivity contribution in [1.82, 2.24) is 20.3 Å². The highest BCUT2D eigenvalue weighted by atomic mass is 16.1. The van der Waals surface area contributed by atoms with Crippen LogP contribution in [0.25, 0.3) is 10.9 Å². The second-order valence-electron chi connectivity index (χ2n) is 6.16. The first-order chi connectivity index (χ1) is 12.1. The lowest BCUT2D eigenvalue weighted by molar-refractivity contribution is -0.110. The minimum absolute atomic E-state index is 0.262. The molecule has 124 valence electrons. The van der Waals surface area contributed by atoms with E-state index in [0.717, 1.165) is 11.9 Å². The second-order valence-corrected chi connectivity index (χ2v) is 6.16. The Bertz CT molecular complexity index is 989. The van der Waals surface area contributed by atoms with Crippen molar-refractivity contribution in [3.8, 4) is 0 Å². The fraction of sp³-hybridized carbons (Fsp3) is 0.167. The molecular formula is C18H16N6O. The van der Waals surface area contributed by atoms with Crippen LogP contribution in [0.15, 0.2) is 47.5 Å². The van der Waals surface area contributed by atoms with Crippen LogP contribution in [-0.4, -0.2) is 46.0 Å².